The zero-order valence-electron chi connectivity index (χ0n) is 14.4. The molecule has 23 heavy (non-hydrogen) atoms. The van der Waals surface area contributed by atoms with Crippen LogP contribution >= 0.6 is 0 Å². The third-order valence-electron chi connectivity index (χ3n) is 4.11. The molecule has 1 atom stereocenters. The predicted molar refractivity (Wildman–Crippen MR) is 91.6 cm³/mol. The summed E-state index contributed by atoms with van der Waals surface area (Å²) >= 11 is 0. The van der Waals surface area contributed by atoms with Gasteiger partial charge in [0.25, 0.3) is 0 Å². The van der Waals surface area contributed by atoms with Gasteiger partial charge in [-0.15, -0.1) is 0 Å². The molecular weight excluding hydrogens is 292 g/mol. The lowest BCUT2D eigenvalue weighted by Gasteiger charge is -2.33. The molecule has 0 bridgehead atoms. The minimum atomic E-state index is -0.0653. The van der Waals surface area contributed by atoms with Crippen LogP contribution < -0.4 is 14.8 Å². The van der Waals surface area contributed by atoms with Gasteiger partial charge in [-0.3, -0.25) is 9.69 Å². The Balaban J connectivity index is 2.20. The first kappa shape index (κ1) is 17.8. The molecule has 1 aliphatic rings. The van der Waals surface area contributed by atoms with Crippen molar-refractivity contribution in [1.29, 1.82) is 0 Å². The van der Waals surface area contributed by atoms with Crippen LogP contribution in [-0.4, -0.2) is 56.1 Å². The molecule has 1 unspecified atom stereocenters. The molecule has 1 aromatic carbocycles. The summed E-state index contributed by atoms with van der Waals surface area (Å²) in [5.74, 6) is 1.51. The number of nitrogens with zero attached hydrogens (tertiary/aromatic N) is 1. The Labute approximate surface area is 139 Å². The molecule has 1 aromatic rings. The molecule has 0 aromatic heterocycles. The van der Waals surface area contributed by atoms with Crippen molar-refractivity contribution in [2.75, 3.05) is 39.4 Å². The van der Waals surface area contributed by atoms with Crippen molar-refractivity contribution in [3.63, 3.8) is 0 Å². The van der Waals surface area contributed by atoms with Crippen LogP contribution in [-0.2, 0) is 0 Å². The van der Waals surface area contributed by atoms with Crippen molar-refractivity contribution in [2.45, 2.75) is 33.2 Å². The maximum atomic E-state index is 12.9. The molecular formula is C18H28N2O3. The molecule has 0 saturated carbocycles. The average molecular weight is 320 g/mol. The summed E-state index contributed by atoms with van der Waals surface area (Å²) in [6.45, 7) is 10.8. The highest BCUT2D eigenvalue weighted by molar-refractivity contribution is 6.00. The number of rotatable bonds is 8. The number of nitrogens with one attached hydrogen (secondary N) is 1. The molecule has 0 radical (unpaired) electrons. The lowest BCUT2D eigenvalue weighted by molar-refractivity contribution is 0.0789. The highest BCUT2D eigenvalue weighted by Gasteiger charge is 2.27. The lowest BCUT2D eigenvalue weighted by atomic mass is 9.99. The van der Waals surface area contributed by atoms with E-state index in [2.05, 4.69) is 17.1 Å². The van der Waals surface area contributed by atoms with E-state index in [9.17, 15) is 4.79 Å². The monoisotopic (exact) mass is 320 g/mol. The second-order valence-corrected chi connectivity index (χ2v) is 5.60. The van der Waals surface area contributed by atoms with Crippen LogP contribution in [0.5, 0.6) is 11.5 Å². The van der Waals surface area contributed by atoms with Gasteiger partial charge < -0.3 is 14.8 Å². The Morgan fingerprint density at radius 3 is 2.39 bits per heavy atom. The summed E-state index contributed by atoms with van der Waals surface area (Å²) in [5.41, 5.74) is 0.697. The topological polar surface area (TPSA) is 50.8 Å². The van der Waals surface area contributed by atoms with E-state index in [1.807, 2.05) is 32.0 Å². The summed E-state index contributed by atoms with van der Waals surface area (Å²) in [4.78, 5) is 15.2. The van der Waals surface area contributed by atoms with Crippen molar-refractivity contribution < 1.29 is 14.3 Å². The third-order valence-corrected chi connectivity index (χ3v) is 4.11. The Kier molecular flexibility index (Phi) is 6.86. The number of carbonyl (C=O) groups is 1. The number of Topliss-reactive ketones (excluding diaryl/α,β-unsaturated/α-hetero) is 1. The summed E-state index contributed by atoms with van der Waals surface area (Å²) < 4.78 is 11.2. The maximum Gasteiger partial charge on any atom is 0.180 e. The maximum absolute atomic E-state index is 12.9. The molecule has 1 fully saturated rings. The highest BCUT2D eigenvalue weighted by atomic mass is 16.5. The number of hydrogen-bond donors (Lipinski definition) is 1. The molecule has 5 heteroatoms. The minimum Gasteiger partial charge on any atom is -0.490 e. The molecule has 1 aliphatic heterocycles. The molecule has 128 valence electrons. The first-order valence-corrected chi connectivity index (χ1v) is 8.59. The van der Waals surface area contributed by atoms with Crippen molar-refractivity contribution >= 4 is 5.78 Å². The van der Waals surface area contributed by atoms with Crippen LogP contribution in [0.3, 0.4) is 0 Å². The second kappa shape index (κ2) is 8.89. The van der Waals surface area contributed by atoms with Gasteiger partial charge >= 0.3 is 0 Å². The molecule has 2 rings (SSSR count). The van der Waals surface area contributed by atoms with Crippen LogP contribution in [0.2, 0.25) is 0 Å². The van der Waals surface area contributed by atoms with Crippen LogP contribution in [0.25, 0.3) is 0 Å². The average Bonchev–Trinajstić information content (AvgIpc) is 2.58. The number of ether oxygens (including phenoxy) is 2. The SMILES string of the molecule is CCOc1ccc(C(=O)C(CC)N2CCNCC2)cc1OCC. The number of piperazine rings is 1. The molecule has 5 nitrogen and oxygen atoms in total. The van der Waals surface area contributed by atoms with Crippen LogP contribution in [0.4, 0.5) is 0 Å². The summed E-state index contributed by atoms with van der Waals surface area (Å²) in [6, 6.07) is 5.44. The largest absolute Gasteiger partial charge is 0.490 e. The molecule has 1 saturated heterocycles. The standard InChI is InChI=1S/C18H28N2O3/c1-4-15(20-11-9-19-10-12-20)18(21)14-7-8-16(22-5-2)17(13-14)23-6-3/h7-8,13,15,19H,4-6,9-12H2,1-3H3. The van der Waals surface area contributed by atoms with E-state index >= 15 is 0 Å². The first-order chi connectivity index (χ1) is 11.2. The Hall–Kier alpha value is -1.59. The van der Waals surface area contributed by atoms with E-state index < -0.39 is 0 Å². The molecule has 0 aliphatic carbocycles. The van der Waals surface area contributed by atoms with Gasteiger partial charge in [0.05, 0.1) is 19.3 Å². The van der Waals surface area contributed by atoms with Crippen LogP contribution in [0.15, 0.2) is 18.2 Å². The first-order valence-electron chi connectivity index (χ1n) is 8.59. The highest BCUT2D eigenvalue weighted by Crippen LogP contribution is 2.29. The smallest absolute Gasteiger partial charge is 0.180 e. The molecule has 1 N–H and O–H groups in total. The van der Waals surface area contributed by atoms with Gasteiger partial charge in [-0.1, -0.05) is 6.92 Å². The van der Waals surface area contributed by atoms with Gasteiger partial charge in [0.2, 0.25) is 0 Å². The van der Waals surface area contributed by atoms with E-state index in [0.717, 1.165) is 32.6 Å². The fourth-order valence-corrected chi connectivity index (χ4v) is 3.00. The van der Waals surface area contributed by atoms with Gasteiger partial charge in [0.15, 0.2) is 17.3 Å². The van der Waals surface area contributed by atoms with Gasteiger partial charge in [0, 0.05) is 31.7 Å². The van der Waals surface area contributed by atoms with Crippen molar-refractivity contribution in [2.24, 2.45) is 0 Å². The number of hydrogen-bond acceptors (Lipinski definition) is 5. The molecule has 1 heterocycles. The summed E-state index contributed by atoms with van der Waals surface area (Å²) in [6.07, 6.45) is 0.815. The van der Waals surface area contributed by atoms with E-state index in [-0.39, 0.29) is 11.8 Å². The fourth-order valence-electron chi connectivity index (χ4n) is 3.00. The summed E-state index contributed by atoms with van der Waals surface area (Å²) in [5, 5.41) is 3.33. The van der Waals surface area contributed by atoms with Crippen molar-refractivity contribution in [1.82, 2.24) is 10.2 Å². The summed E-state index contributed by atoms with van der Waals surface area (Å²) in [7, 11) is 0. The number of carbonyl (C=O) groups excluding carboxylic acids is 1. The third kappa shape index (κ3) is 4.45. The van der Waals surface area contributed by atoms with E-state index in [1.165, 1.54) is 0 Å². The molecule has 0 amide bonds. The van der Waals surface area contributed by atoms with Gasteiger partial charge in [-0.05, 0) is 38.5 Å². The Morgan fingerprint density at radius 1 is 1.13 bits per heavy atom. The van der Waals surface area contributed by atoms with E-state index in [4.69, 9.17) is 9.47 Å². The molecule has 0 spiro atoms. The number of benzene rings is 1. The quantitative estimate of drug-likeness (QED) is 0.745. The van der Waals surface area contributed by atoms with Gasteiger partial charge in [-0.25, -0.2) is 0 Å². The van der Waals surface area contributed by atoms with E-state index in [0.29, 0.717) is 30.3 Å². The second-order valence-electron chi connectivity index (χ2n) is 5.60. The normalized spacial score (nSPS) is 16.8. The Morgan fingerprint density at radius 2 is 1.78 bits per heavy atom. The minimum absolute atomic E-state index is 0.0653. The lowest BCUT2D eigenvalue weighted by Crippen LogP contribution is -2.51. The zero-order chi connectivity index (χ0) is 16.7. The number of ketones is 1. The van der Waals surface area contributed by atoms with Crippen molar-refractivity contribution in [3.8, 4) is 11.5 Å². The van der Waals surface area contributed by atoms with Gasteiger partial charge in [-0.2, -0.15) is 0 Å². The van der Waals surface area contributed by atoms with Gasteiger partial charge in [0.1, 0.15) is 0 Å². The zero-order valence-corrected chi connectivity index (χ0v) is 14.4. The fraction of sp³-hybridized carbons (Fsp3) is 0.611. The predicted octanol–water partition coefficient (Wildman–Crippen LogP) is 2.35. The Bertz CT molecular complexity index is 513. The van der Waals surface area contributed by atoms with Crippen LogP contribution in [0, 0.1) is 0 Å². The van der Waals surface area contributed by atoms with Crippen LogP contribution in [0.1, 0.15) is 37.6 Å². The van der Waals surface area contributed by atoms with Crippen molar-refractivity contribution in [3.05, 3.63) is 23.8 Å². The van der Waals surface area contributed by atoms with E-state index in [1.54, 1.807) is 0 Å².